The summed E-state index contributed by atoms with van der Waals surface area (Å²) in [6.45, 7) is 2.09. The van der Waals surface area contributed by atoms with Gasteiger partial charge in [-0.1, -0.05) is 18.2 Å². The van der Waals surface area contributed by atoms with Crippen molar-refractivity contribution in [3.8, 4) is 11.5 Å². The molecule has 1 heterocycles. The second-order valence-corrected chi connectivity index (χ2v) is 6.45. The highest BCUT2D eigenvalue weighted by Gasteiger charge is 2.08. The van der Waals surface area contributed by atoms with E-state index in [9.17, 15) is 9.18 Å². The summed E-state index contributed by atoms with van der Waals surface area (Å²) in [4.78, 5) is 15.8. The Balaban J connectivity index is 1.66. The molecule has 6 nitrogen and oxygen atoms in total. The Labute approximate surface area is 165 Å². The van der Waals surface area contributed by atoms with Gasteiger partial charge in [-0.15, -0.1) is 11.3 Å². The zero-order valence-corrected chi connectivity index (χ0v) is 15.9. The minimum Gasteiger partial charge on any atom is -0.466 e. The van der Waals surface area contributed by atoms with E-state index in [1.807, 2.05) is 18.2 Å². The number of ether oxygens (including phenoxy) is 2. The minimum absolute atomic E-state index is 0.114. The lowest BCUT2D eigenvalue weighted by atomic mass is 10.2. The molecule has 0 saturated carbocycles. The van der Waals surface area contributed by atoms with E-state index in [4.69, 9.17) is 9.47 Å². The van der Waals surface area contributed by atoms with Gasteiger partial charge in [0.25, 0.3) is 0 Å². The van der Waals surface area contributed by atoms with Crippen molar-refractivity contribution in [3.05, 3.63) is 71.0 Å². The van der Waals surface area contributed by atoms with Crippen LogP contribution in [0.3, 0.4) is 0 Å². The van der Waals surface area contributed by atoms with E-state index < -0.39 is 5.82 Å². The van der Waals surface area contributed by atoms with Gasteiger partial charge < -0.3 is 9.47 Å². The number of hydrazone groups is 1. The van der Waals surface area contributed by atoms with Crippen molar-refractivity contribution >= 4 is 28.7 Å². The number of halogens is 1. The van der Waals surface area contributed by atoms with Crippen molar-refractivity contribution in [2.75, 3.05) is 12.0 Å². The second-order valence-electron chi connectivity index (χ2n) is 5.59. The number of para-hydroxylation sites is 1. The summed E-state index contributed by atoms with van der Waals surface area (Å²) in [6.07, 6.45) is 1.63. The standard InChI is InChI=1S/C20H18FN3O3S/c1-2-26-19(25)11-16-13-28-20(23-16)24-22-12-14-8-9-15(21)10-18(14)27-17-6-4-3-5-7-17/h3-10,12-13H,2,11H2,1H3,(H,23,24). The number of carbonyl (C=O) groups is 1. The smallest absolute Gasteiger partial charge is 0.311 e. The monoisotopic (exact) mass is 399 g/mol. The molecule has 0 radical (unpaired) electrons. The highest BCUT2D eigenvalue weighted by molar-refractivity contribution is 7.13. The molecule has 1 N–H and O–H groups in total. The Morgan fingerprint density at radius 1 is 1.29 bits per heavy atom. The Hall–Kier alpha value is -3.26. The van der Waals surface area contributed by atoms with Gasteiger partial charge in [0.2, 0.25) is 5.13 Å². The molecule has 144 valence electrons. The first-order valence-electron chi connectivity index (χ1n) is 8.55. The van der Waals surface area contributed by atoms with Crippen LogP contribution < -0.4 is 10.2 Å². The first-order valence-corrected chi connectivity index (χ1v) is 9.43. The molecule has 0 aliphatic heterocycles. The number of thiazole rings is 1. The van der Waals surface area contributed by atoms with E-state index in [1.54, 1.807) is 30.5 Å². The molecular formula is C20H18FN3O3S. The van der Waals surface area contributed by atoms with Crippen molar-refractivity contribution in [3.63, 3.8) is 0 Å². The number of anilines is 1. The van der Waals surface area contributed by atoms with Gasteiger partial charge in [0.1, 0.15) is 17.3 Å². The number of aromatic nitrogens is 1. The molecule has 0 amide bonds. The van der Waals surface area contributed by atoms with Crippen LogP contribution in [-0.4, -0.2) is 23.8 Å². The first kappa shape index (κ1) is 19.5. The fourth-order valence-electron chi connectivity index (χ4n) is 2.28. The van der Waals surface area contributed by atoms with Crippen LogP contribution in [0.4, 0.5) is 9.52 Å². The number of rotatable bonds is 8. The second kappa shape index (κ2) is 9.61. The van der Waals surface area contributed by atoms with Gasteiger partial charge in [-0.2, -0.15) is 5.10 Å². The molecule has 28 heavy (non-hydrogen) atoms. The maximum atomic E-state index is 13.6. The molecule has 0 aliphatic rings. The van der Waals surface area contributed by atoms with Gasteiger partial charge in [-0.05, 0) is 31.2 Å². The number of carbonyl (C=O) groups excluding carboxylic acids is 1. The highest BCUT2D eigenvalue weighted by atomic mass is 32.1. The third-order valence-electron chi connectivity index (χ3n) is 3.49. The number of nitrogens with zero attached hydrogens (tertiary/aromatic N) is 2. The average molecular weight is 399 g/mol. The molecule has 0 aliphatic carbocycles. The minimum atomic E-state index is -0.403. The topological polar surface area (TPSA) is 72.8 Å². The van der Waals surface area contributed by atoms with Crippen LogP contribution >= 0.6 is 11.3 Å². The molecule has 1 aromatic heterocycles. The van der Waals surface area contributed by atoms with E-state index in [0.29, 0.717) is 34.5 Å². The summed E-state index contributed by atoms with van der Waals surface area (Å²) in [5, 5.41) is 6.42. The molecule has 0 atom stereocenters. The van der Waals surface area contributed by atoms with Gasteiger partial charge in [0.15, 0.2) is 0 Å². The van der Waals surface area contributed by atoms with Crippen LogP contribution in [0.2, 0.25) is 0 Å². The van der Waals surface area contributed by atoms with Crippen LogP contribution in [0.1, 0.15) is 18.2 Å². The lowest BCUT2D eigenvalue weighted by Crippen LogP contribution is -2.07. The SMILES string of the molecule is CCOC(=O)Cc1csc(NN=Cc2ccc(F)cc2Oc2ccccc2)n1. The van der Waals surface area contributed by atoms with Gasteiger partial charge >= 0.3 is 5.97 Å². The number of nitrogens with one attached hydrogen (secondary N) is 1. The third-order valence-corrected chi connectivity index (χ3v) is 4.29. The predicted octanol–water partition coefficient (Wildman–Crippen LogP) is 4.63. The normalized spacial score (nSPS) is 10.8. The Bertz CT molecular complexity index is 960. The maximum Gasteiger partial charge on any atom is 0.311 e. The zero-order chi connectivity index (χ0) is 19.8. The van der Waals surface area contributed by atoms with Gasteiger partial charge in [0, 0.05) is 17.0 Å². The van der Waals surface area contributed by atoms with Crippen LogP contribution in [-0.2, 0) is 16.0 Å². The van der Waals surface area contributed by atoms with Crippen molar-refractivity contribution in [2.45, 2.75) is 13.3 Å². The fraction of sp³-hybridized carbons (Fsp3) is 0.150. The fourth-order valence-corrected chi connectivity index (χ4v) is 2.93. The number of esters is 1. The van der Waals surface area contributed by atoms with Gasteiger partial charge in [-0.3, -0.25) is 10.2 Å². The molecule has 8 heteroatoms. The number of hydrogen-bond donors (Lipinski definition) is 1. The lowest BCUT2D eigenvalue weighted by molar-refractivity contribution is -0.142. The van der Waals surface area contributed by atoms with E-state index in [2.05, 4.69) is 15.5 Å². The number of hydrogen-bond acceptors (Lipinski definition) is 7. The zero-order valence-electron chi connectivity index (χ0n) is 15.1. The van der Waals surface area contributed by atoms with E-state index in [-0.39, 0.29) is 12.4 Å². The Morgan fingerprint density at radius 3 is 2.89 bits per heavy atom. The molecule has 3 rings (SSSR count). The van der Waals surface area contributed by atoms with Crippen LogP contribution in [0.5, 0.6) is 11.5 Å². The lowest BCUT2D eigenvalue weighted by Gasteiger charge is -2.08. The average Bonchev–Trinajstić information content (AvgIpc) is 3.11. The van der Waals surface area contributed by atoms with Crippen molar-refractivity contribution in [1.29, 1.82) is 0 Å². The van der Waals surface area contributed by atoms with Gasteiger partial charge in [-0.25, -0.2) is 9.37 Å². The molecule has 3 aromatic rings. The molecule has 0 fully saturated rings. The summed E-state index contributed by atoms with van der Waals surface area (Å²) in [5.74, 6) is 0.217. The summed E-state index contributed by atoms with van der Waals surface area (Å²) >= 11 is 1.32. The Kier molecular flexibility index (Phi) is 6.69. The van der Waals surface area contributed by atoms with Crippen molar-refractivity contribution in [2.24, 2.45) is 5.10 Å². The third kappa shape index (κ3) is 5.62. The molecular weight excluding hydrogens is 381 g/mol. The van der Waals surface area contributed by atoms with Crippen LogP contribution in [0.15, 0.2) is 59.0 Å². The summed E-state index contributed by atoms with van der Waals surface area (Å²) in [6, 6.07) is 13.3. The maximum absolute atomic E-state index is 13.6. The van der Waals surface area contributed by atoms with E-state index in [1.165, 1.54) is 29.7 Å². The summed E-state index contributed by atoms with van der Waals surface area (Å²) < 4.78 is 24.2. The van der Waals surface area contributed by atoms with E-state index >= 15 is 0 Å². The first-order chi connectivity index (χ1) is 13.6. The molecule has 0 saturated heterocycles. The Morgan fingerprint density at radius 2 is 2.11 bits per heavy atom. The summed E-state index contributed by atoms with van der Waals surface area (Å²) in [5.41, 5.74) is 4.01. The molecule has 0 spiro atoms. The predicted molar refractivity (Wildman–Crippen MR) is 107 cm³/mol. The number of benzene rings is 2. The molecule has 0 unspecified atom stereocenters. The van der Waals surface area contributed by atoms with Crippen LogP contribution in [0, 0.1) is 5.82 Å². The highest BCUT2D eigenvalue weighted by Crippen LogP contribution is 2.25. The summed E-state index contributed by atoms with van der Waals surface area (Å²) in [7, 11) is 0. The van der Waals surface area contributed by atoms with Crippen molar-refractivity contribution < 1.29 is 18.7 Å². The van der Waals surface area contributed by atoms with Gasteiger partial charge in [0.05, 0.1) is 24.9 Å². The largest absolute Gasteiger partial charge is 0.466 e. The van der Waals surface area contributed by atoms with E-state index in [0.717, 1.165) is 0 Å². The van der Waals surface area contributed by atoms with Crippen LogP contribution in [0.25, 0.3) is 0 Å². The molecule has 0 bridgehead atoms. The van der Waals surface area contributed by atoms with Crippen molar-refractivity contribution in [1.82, 2.24) is 4.98 Å². The molecule has 2 aromatic carbocycles. The quantitative estimate of drug-likeness (QED) is 0.340.